The van der Waals surface area contributed by atoms with Crippen LogP contribution in [0.15, 0.2) is 18.2 Å². The molecule has 2 fully saturated rings. The molecule has 1 aromatic carbocycles. The first kappa shape index (κ1) is 17.2. The fraction of sp³-hybridized carbons (Fsp3) is 0.529. The molecule has 0 bridgehead atoms. The first-order valence-electron chi connectivity index (χ1n) is 7.99. The molecule has 0 aromatic heterocycles. The first-order chi connectivity index (χ1) is 11.3. The van der Waals surface area contributed by atoms with Crippen molar-refractivity contribution in [2.75, 3.05) is 20.1 Å². The molecule has 5 nitrogen and oxygen atoms in total. The maximum Gasteiger partial charge on any atom is 0.309 e. The molecule has 3 rings (SSSR count). The van der Waals surface area contributed by atoms with E-state index in [1.807, 2.05) is 0 Å². The molecule has 0 radical (unpaired) electrons. The number of halogens is 2. The molecule has 2 aliphatic heterocycles. The van der Waals surface area contributed by atoms with Crippen molar-refractivity contribution in [3.8, 4) is 0 Å². The third kappa shape index (κ3) is 2.89. The topological polar surface area (TPSA) is 60.9 Å². The highest BCUT2D eigenvalue weighted by molar-refractivity contribution is 6.30. The van der Waals surface area contributed by atoms with E-state index < -0.39 is 17.4 Å². The van der Waals surface area contributed by atoms with E-state index in [1.54, 1.807) is 18.0 Å². The Hall–Kier alpha value is -1.66. The number of nitrogens with zero attached hydrogens (tertiary/aromatic N) is 2. The van der Waals surface area contributed by atoms with Crippen molar-refractivity contribution >= 4 is 23.5 Å². The van der Waals surface area contributed by atoms with Gasteiger partial charge in [-0.1, -0.05) is 11.6 Å². The van der Waals surface area contributed by atoms with Crippen LogP contribution >= 0.6 is 11.6 Å². The lowest BCUT2D eigenvalue weighted by molar-refractivity contribution is -0.146. The summed E-state index contributed by atoms with van der Waals surface area (Å²) in [5, 5.41) is 9.97. The van der Waals surface area contributed by atoms with Gasteiger partial charge >= 0.3 is 5.97 Å². The number of hydrogen-bond donors (Lipinski definition) is 1. The van der Waals surface area contributed by atoms with Gasteiger partial charge in [0.1, 0.15) is 5.82 Å². The number of rotatable bonds is 3. The molecule has 1 spiro atoms. The molecule has 1 aromatic rings. The van der Waals surface area contributed by atoms with Gasteiger partial charge in [0.2, 0.25) is 5.91 Å². The average Bonchev–Trinajstić information content (AvgIpc) is 2.79. The first-order valence-corrected chi connectivity index (χ1v) is 8.37. The molecule has 130 valence electrons. The molecule has 2 aliphatic rings. The van der Waals surface area contributed by atoms with Crippen LogP contribution in [0.5, 0.6) is 0 Å². The summed E-state index contributed by atoms with van der Waals surface area (Å²) in [4.78, 5) is 27.3. The summed E-state index contributed by atoms with van der Waals surface area (Å²) < 4.78 is 13.9. The zero-order valence-electron chi connectivity index (χ0n) is 13.5. The van der Waals surface area contributed by atoms with E-state index in [1.165, 1.54) is 12.1 Å². The van der Waals surface area contributed by atoms with Crippen molar-refractivity contribution < 1.29 is 19.1 Å². The minimum absolute atomic E-state index is 0.0642. The van der Waals surface area contributed by atoms with Gasteiger partial charge in [-0.3, -0.25) is 14.5 Å². The summed E-state index contributed by atoms with van der Waals surface area (Å²) in [7, 11) is 1.69. The lowest BCUT2D eigenvalue weighted by Gasteiger charge is -2.45. The Bertz CT molecular complexity index is 674. The molecule has 0 saturated carbocycles. The summed E-state index contributed by atoms with van der Waals surface area (Å²) in [6.45, 7) is 1.67. The number of carbonyl (C=O) groups excluding carboxylic acids is 1. The van der Waals surface area contributed by atoms with Gasteiger partial charge < -0.3 is 10.0 Å². The van der Waals surface area contributed by atoms with Crippen molar-refractivity contribution in [2.24, 2.45) is 5.92 Å². The zero-order chi connectivity index (χ0) is 17.5. The summed E-state index contributed by atoms with van der Waals surface area (Å²) in [5.41, 5.74) is -0.0872. The minimum Gasteiger partial charge on any atom is -0.481 e. The van der Waals surface area contributed by atoms with Crippen LogP contribution in [0.3, 0.4) is 0 Å². The van der Waals surface area contributed by atoms with Crippen LogP contribution in [0, 0.1) is 11.7 Å². The van der Waals surface area contributed by atoms with Gasteiger partial charge in [0.05, 0.1) is 11.5 Å². The van der Waals surface area contributed by atoms with Gasteiger partial charge in [0, 0.05) is 43.7 Å². The molecule has 2 heterocycles. The largest absolute Gasteiger partial charge is 0.481 e. The highest BCUT2D eigenvalue weighted by Gasteiger charge is 2.55. The molecule has 1 amide bonds. The van der Waals surface area contributed by atoms with E-state index in [4.69, 9.17) is 11.6 Å². The molecule has 1 atom stereocenters. The normalized spacial score (nSPS) is 23.9. The number of hydrogen-bond acceptors (Lipinski definition) is 3. The second kappa shape index (κ2) is 6.33. The van der Waals surface area contributed by atoms with Crippen LogP contribution in [0.25, 0.3) is 0 Å². The van der Waals surface area contributed by atoms with Crippen LogP contribution < -0.4 is 0 Å². The quantitative estimate of drug-likeness (QED) is 0.905. The smallest absolute Gasteiger partial charge is 0.309 e. The van der Waals surface area contributed by atoms with Crippen LogP contribution in [0.4, 0.5) is 4.39 Å². The predicted octanol–water partition coefficient (Wildman–Crippen LogP) is 2.38. The fourth-order valence-electron chi connectivity index (χ4n) is 3.99. The Morgan fingerprint density at radius 1 is 1.42 bits per heavy atom. The number of likely N-dealkylation sites (tertiary alicyclic amines) is 2. The number of piperidine rings is 1. The number of benzene rings is 1. The third-order valence-corrected chi connectivity index (χ3v) is 5.73. The van der Waals surface area contributed by atoms with E-state index in [2.05, 4.69) is 4.90 Å². The highest BCUT2D eigenvalue weighted by atomic mass is 35.5. The van der Waals surface area contributed by atoms with Gasteiger partial charge in [-0.2, -0.15) is 0 Å². The van der Waals surface area contributed by atoms with E-state index in [9.17, 15) is 19.1 Å². The summed E-state index contributed by atoms with van der Waals surface area (Å²) in [5.74, 6) is -1.99. The van der Waals surface area contributed by atoms with Gasteiger partial charge in [0.15, 0.2) is 0 Å². The van der Waals surface area contributed by atoms with Crippen molar-refractivity contribution in [2.45, 2.75) is 31.3 Å². The van der Waals surface area contributed by atoms with Gasteiger partial charge in [0.25, 0.3) is 0 Å². The predicted molar refractivity (Wildman–Crippen MR) is 87.2 cm³/mol. The average molecular weight is 355 g/mol. The molecular formula is C17H20ClFN2O3. The van der Waals surface area contributed by atoms with Gasteiger partial charge in [-0.05, 0) is 31.0 Å². The van der Waals surface area contributed by atoms with Gasteiger partial charge in [-0.15, -0.1) is 0 Å². The Balaban J connectivity index is 1.72. The van der Waals surface area contributed by atoms with Gasteiger partial charge in [-0.25, -0.2) is 4.39 Å². The lowest BCUT2D eigenvalue weighted by Crippen LogP contribution is -2.55. The highest BCUT2D eigenvalue weighted by Crippen LogP contribution is 2.43. The standard InChI is InChI=1S/C17H20ClFN2O3/c1-20-15(22)9-13(16(23)24)17(20)4-6-21(7-5-17)10-11-8-12(18)2-3-14(11)19/h2-3,8,13H,4-7,9-10H2,1H3,(H,23,24)/t13-/m1/s1. The lowest BCUT2D eigenvalue weighted by atomic mass is 9.77. The summed E-state index contributed by atoms with van der Waals surface area (Å²) in [6, 6.07) is 4.49. The van der Waals surface area contributed by atoms with Crippen molar-refractivity contribution in [3.05, 3.63) is 34.6 Å². The molecule has 24 heavy (non-hydrogen) atoms. The molecule has 0 aliphatic carbocycles. The number of carboxylic acid groups (broad SMARTS) is 1. The van der Waals surface area contributed by atoms with E-state index in [0.717, 1.165) is 0 Å². The third-order valence-electron chi connectivity index (χ3n) is 5.49. The fourth-order valence-corrected chi connectivity index (χ4v) is 4.18. The zero-order valence-corrected chi connectivity index (χ0v) is 14.2. The molecular weight excluding hydrogens is 335 g/mol. The number of aliphatic carboxylic acids is 1. The van der Waals surface area contributed by atoms with Crippen molar-refractivity contribution in [1.29, 1.82) is 0 Å². The second-order valence-corrected chi connectivity index (χ2v) is 7.10. The van der Waals surface area contributed by atoms with E-state index >= 15 is 0 Å². The van der Waals surface area contributed by atoms with Crippen LogP contribution in [-0.4, -0.2) is 52.5 Å². The summed E-state index contributed by atoms with van der Waals surface area (Å²) >= 11 is 5.93. The Kier molecular flexibility index (Phi) is 4.53. The molecule has 1 N–H and O–H groups in total. The van der Waals surface area contributed by atoms with Crippen LogP contribution in [-0.2, 0) is 16.1 Å². The maximum atomic E-state index is 13.9. The Morgan fingerprint density at radius 3 is 2.71 bits per heavy atom. The molecule has 7 heteroatoms. The van der Waals surface area contributed by atoms with Crippen molar-refractivity contribution in [3.63, 3.8) is 0 Å². The molecule has 2 saturated heterocycles. The monoisotopic (exact) mass is 354 g/mol. The number of carboxylic acids is 1. The number of carbonyl (C=O) groups is 2. The molecule has 0 unspecified atom stereocenters. The minimum atomic E-state index is -0.915. The van der Waals surface area contributed by atoms with E-state index in [-0.39, 0.29) is 18.1 Å². The Labute approximate surface area is 145 Å². The van der Waals surface area contributed by atoms with Crippen LogP contribution in [0.2, 0.25) is 5.02 Å². The van der Waals surface area contributed by atoms with E-state index in [0.29, 0.717) is 43.1 Å². The maximum absolute atomic E-state index is 13.9. The Morgan fingerprint density at radius 2 is 2.08 bits per heavy atom. The van der Waals surface area contributed by atoms with Crippen LogP contribution in [0.1, 0.15) is 24.8 Å². The van der Waals surface area contributed by atoms with Crippen molar-refractivity contribution in [1.82, 2.24) is 9.80 Å². The second-order valence-electron chi connectivity index (χ2n) is 6.66. The SMILES string of the molecule is CN1C(=O)C[C@H](C(=O)O)C12CCN(Cc1cc(Cl)ccc1F)CC2. The summed E-state index contributed by atoms with van der Waals surface area (Å²) in [6.07, 6.45) is 1.22. The number of amides is 1.